The summed E-state index contributed by atoms with van der Waals surface area (Å²) in [6.07, 6.45) is 0. The van der Waals surface area contributed by atoms with E-state index in [1.807, 2.05) is 54.6 Å². The molecular formula is C19H20N6O2S. The number of nitro groups is 1. The molecule has 3 rings (SSSR count). The molecule has 8 nitrogen and oxygen atoms in total. The summed E-state index contributed by atoms with van der Waals surface area (Å²) in [5.41, 5.74) is 19.9. The molecule has 1 heterocycles. The second kappa shape index (κ2) is 8.57. The second-order valence-electron chi connectivity index (χ2n) is 6.15. The van der Waals surface area contributed by atoms with Gasteiger partial charge in [0.25, 0.3) is 0 Å². The van der Waals surface area contributed by atoms with Crippen LogP contribution in [-0.4, -0.2) is 21.4 Å². The first-order valence-electron chi connectivity index (χ1n) is 8.51. The van der Waals surface area contributed by atoms with Crippen molar-refractivity contribution in [1.82, 2.24) is 9.97 Å². The maximum atomic E-state index is 11.4. The minimum Gasteiger partial charge on any atom is -0.383 e. The van der Waals surface area contributed by atoms with Crippen molar-refractivity contribution in [2.45, 2.75) is 16.6 Å². The highest BCUT2D eigenvalue weighted by Crippen LogP contribution is 2.38. The third-order valence-electron chi connectivity index (χ3n) is 4.23. The van der Waals surface area contributed by atoms with Crippen LogP contribution in [0, 0.1) is 10.1 Å². The molecule has 1 atom stereocenters. The molecule has 144 valence electrons. The molecule has 0 aliphatic rings. The Bertz CT molecular complexity index is 960. The lowest BCUT2D eigenvalue weighted by atomic mass is 9.91. The molecule has 2 aromatic carbocycles. The van der Waals surface area contributed by atoms with Crippen LogP contribution < -0.4 is 17.2 Å². The molecule has 0 radical (unpaired) electrons. The van der Waals surface area contributed by atoms with Gasteiger partial charge in [-0.25, -0.2) is 0 Å². The van der Waals surface area contributed by atoms with E-state index in [-0.39, 0.29) is 24.1 Å². The number of nitrogens with two attached hydrogens (primary N) is 3. The normalized spacial score (nSPS) is 11.9. The van der Waals surface area contributed by atoms with Crippen molar-refractivity contribution >= 4 is 29.3 Å². The highest BCUT2D eigenvalue weighted by Gasteiger charge is 2.28. The van der Waals surface area contributed by atoms with Gasteiger partial charge in [-0.15, -0.1) is 11.8 Å². The van der Waals surface area contributed by atoms with Crippen LogP contribution in [0.4, 0.5) is 17.6 Å². The van der Waals surface area contributed by atoms with Crippen LogP contribution in [0.3, 0.4) is 0 Å². The Kier molecular flexibility index (Phi) is 5.95. The highest BCUT2D eigenvalue weighted by atomic mass is 32.2. The van der Waals surface area contributed by atoms with Gasteiger partial charge >= 0.3 is 0 Å². The Morgan fingerprint density at radius 3 is 2.21 bits per heavy atom. The van der Waals surface area contributed by atoms with Crippen molar-refractivity contribution < 1.29 is 4.92 Å². The number of hydrogen-bond donors (Lipinski definition) is 3. The topological polar surface area (TPSA) is 147 Å². The first-order chi connectivity index (χ1) is 13.5. The Morgan fingerprint density at radius 1 is 0.964 bits per heavy atom. The van der Waals surface area contributed by atoms with E-state index in [0.29, 0.717) is 5.56 Å². The molecule has 3 aromatic rings. The summed E-state index contributed by atoms with van der Waals surface area (Å²) in [7, 11) is 0. The van der Waals surface area contributed by atoms with Gasteiger partial charge in [-0.3, -0.25) is 10.1 Å². The summed E-state index contributed by atoms with van der Waals surface area (Å²) in [4.78, 5) is 19.8. The summed E-state index contributed by atoms with van der Waals surface area (Å²) in [5, 5.41) is 11.4. The number of thioether (sulfide) groups is 1. The number of nitrogens with zero attached hydrogens (tertiary/aromatic N) is 3. The molecule has 0 saturated carbocycles. The zero-order valence-corrected chi connectivity index (χ0v) is 15.8. The molecule has 0 spiro atoms. The quantitative estimate of drug-likeness (QED) is 0.314. The van der Waals surface area contributed by atoms with E-state index in [0.717, 1.165) is 21.8 Å². The van der Waals surface area contributed by atoms with Crippen molar-refractivity contribution in [3.8, 4) is 0 Å². The van der Waals surface area contributed by atoms with Crippen LogP contribution in [0.2, 0.25) is 0 Å². The van der Waals surface area contributed by atoms with Crippen LogP contribution in [0.25, 0.3) is 0 Å². The summed E-state index contributed by atoms with van der Waals surface area (Å²) < 4.78 is 0. The van der Waals surface area contributed by atoms with Crippen molar-refractivity contribution in [2.75, 3.05) is 23.7 Å². The average Bonchev–Trinajstić information content (AvgIpc) is 2.65. The van der Waals surface area contributed by atoms with Crippen molar-refractivity contribution in [2.24, 2.45) is 0 Å². The summed E-state index contributed by atoms with van der Waals surface area (Å²) >= 11 is 1.60. The SMILES string of the molecule is Nc1nc(N)c(C(C[N+](=O)[O-])c2ccccc2SCc2ccccc2)c(N)n1. The second-order valence-corrected chi connectivity index (χ2v) is 7.16. The lowest BCUT2D eigenvalue weighted by molar-refractivity contribution is -0.481. The zero-order chi connectivity index (χ0) is 20.1. The van der Waals surface area contributed by atoms with Crippen molar-refractivity contribution in [3.63, 3.8) is 0 Å². The number of aromatic nitrogens is 2. The highest BCUT2D eigenvalue weighted by molar-refractivity contribution is 7.98. The third kappa shape index (κ3) is 4.49. The van der Waals surface area contributed by atoms with Gasteiger partial charge in [0.15, 0.2) is 0 Å². The predicted molar refractivity (Wildman–Crippen MR) is 111 cm³/mol. The van der Waals surface area contributed by atoms with E-state index in [9.17, 15) is 10.1 Å². The first-order valence-corrected chi connectivity index (χ1v) is 9.50. The summed E-state index contributed by atoms with van der Waals surface area (Å²) in [5.74, 6) is 0.0894. The Hall–Kier alpha value is -3.33. The molecule has 6 N–H and O–H groups in total. The Labute approximate surface area is 166 Å². The summed E-state index contributed by atoms with van der Waals surface area (Å²) in [6.45, 7) is -0.384. The van der Waals surface area contributed by atoms with E-state index < -0.39 is 10.8 Å². The van der Waals surface area contributed by atoms with Gasteiger partial charge in [0.05, 0.1) is 11.5 Å². The zero-order valence-electron chi connectivity index (χ0n) is 15.0. The van der Waals surface area contributed by atoms with Crippen LogP contribution in [0.15, 0.2) is 59.5 Å². The van der Waals surface area contributed by atoms with Crippen LogP contribution in [-0.2, 0) is 5.75 Å². The Balaban J connectivity index is 2.01. The Morgan fingerprint density at radius 2 is 1.57 bits per heavy atom. The molecule has 0 aliphatic heterocycles. The fourth-order valence-corrected chi connectivity index (χ4v) is 4.08. The largest absolute Gasteiger partial charge is 0.383 e. The van der Waals surface area contributed by atoms with E-state index in [4.69, 9.17) is 17.2 Å². The van der Waals surface area contributed by atoms with E-state index in [1.165, 1.54) is 0 Å². The maximum absolute atomic E-state index is 11.4. The number of nitrogen functional groups attached to an aromatic ring is 3. The van der Waals surface area contributed by atoms with Gasteiger partial charge in [0, 0.05) is 15.6 Å². The lowest BCUT2D eigenvalue weighted by Crippen LogP contribution is -2.20. The van der Waals surface area contributed by atoms with Gasteiger partial charge in [0.1, 0.15) is 11.6 Å². The van der Waals surface area contributed by atoms with Gasteiger partial charge < -0.3 is 17.2 Å². The maximum Gasteiger partial charge on any atom is 0.223 e. The molecule has 1 aromatic heterocycles. The van der Waals surface area contributed by atoms with Gasteiger partial charge in [-0.2, -0.15) is 9.97 Å². The minimum absolute atomic E-state index is 0.0553. The predicted octanol–water partition coefficient (Wildman–Crippen LogP) is 2.92. The fourth-order valence-electron chi connectivity index (χ4n) is 3.01. The first kappa shape index (κ1) is 19.4. The number of anilines is 3. The number of hydrogen-bond acceptors (Lipinski definition) is 8. The smallest absolute Gasteiger partial charge is 0.223 e. The summed E-state index contributed by atoms with van der Waals surface area (Å²) in [6, 6.07) is 17.5. The molecule has 0 fully saturated rings. The molecule has 0 aliphatic carbocycles. The number of benzene rings is 2. The molecule has 0 saturated heterocycles. The average molecular weight is 396 g/mol. The molecule has 0 amide bonds. The molecule has 1 unspecified atom stereocenters. The third-order valence-corrected chi connectivity index (χ3v) is 5.39. The molecule has 28 heavy (non-hydrogen) atoms. The van der Waals surface area contributed by atoms with Crippen LogP contribution >= 0.6 is 11.8 Å². The van der Waals surface area contributed by atoms with E-state index in [1.54, 1.807) is 11.8 Å². The number of rotatable bonds is 7. The molecular weight excluding hydrogens is 376 g/mol. The fraction of sp³-hybridized carbons (Fsp3) is 0.158. The van der Waals surface area contributed by atoms with Crippen LogP contribution in [0.5, 0.6) is 0 Å². The minimum atomic E-state index is -0.685. The van der Waals surface area contributed by atoms with Crippen molar-refractivity contribution in [1.29, 1.82) is 0 Å². The van der Waals surface area contributed by atoms with Crippen LogP contribution in [0.1, 0.15) is 22.6 Å². The van der Waals surface area contributed by atoms with Gasteiger partial charge in [0.2, 0.25) is 12.5 Å². The molecule has 9 heteroatoms. The van der Waals surface area contributed by atoms with E-state index >= 15 is 0 Å². The van der Waals surface area contributed by atoms with E-state index in [2.05, 4.69) is 9.97 Å². The van der Waals surface area contributed by atoms with Gasteiger partial charge in [-0.1, -0.05) is 48.5 Å². The monoisotopic (exact) mass is 396 g/mol. The van der Waals surface area contributed by atoms with Crippen molar-refractivity contribution in [3.05, 3.63) is 81.4 Å². The molecule has 0 bridgehead atoms. The standard InChI is InChI=1S/C19H20N6O2S/c20-17-16(18(21)24-19(22)23-17)14(10-25(26)27)13-8-4-5-9-15(13)28-11-12-6-2-1-3-7-12/h1-9,14H,10-11H2,(H6,20,21,22,23,24). The lowest BCUT2D eigenvalue weighted by Gasteiger charge is -2.20. The van der Waals surface area contributed by atoms with Gasteiger partial charge in [-0.05, 0) is 17.2 Å².